The summed E-state index contributed by atoms with van der Waals surface area (Å²) in [5.74, 6) is 0. The van der Waals surface area contributed by atoms with Gasteiger partial charge in [-0.2, -0.15) is 0 Å². The average molecular weight is 749 g/mol. The van der Waals surface area contributed by atoms with E-state index in [0.717, 1.165) is 0 Å². The van der Waals surface area contributed by atoms with E-state index < -0.39 is 39.3 Å². The number of nitrogens with one attached hydrogen (secondary N) is 4. The number of nitrogens with zero attached hydrogens (tertiary/aromatic N) is 12. The zero-order chi connectivity index (χ0) is 36.3. The molecule has 0 saturated carbocycles. The van der Waals surface area contributed by atoms with Crippen molar-refractivity contribution in [3.05, 3.63) is 0 Å². The van der Waals surface area contributed by atoms with E-state index in [1.165, 1.54) is 0 Å². The van der Waals surface area contributed by atoms with Gasteiger partial charge < -0.3 is 0 Å². The zero-order valence-corrected chi connectivity index (χ0v) is 38.9. The third kappa shape index (κ3) is 9.06. The molecular formula is C24H81N16P5. The van der Waals surface area contributed by atoms with Gasteiger partial charge in [-0.1, -0.05) is 0 Å². The summed E-state index contributed by atoms with van der Waals surface area (Å²) in [5, 5.41) is 0. The van der Waals surface area contributed by atoms with E-state index in [-0.39, 0.29) is 0 Å². The summed E-state index contributed by atoms with van der Waals surface area (Å²) in [5.41, 5.74) is 0. The van der Waals surface area contributed by atoms with Crippen LogP contribution >= 0.6 is 39.3 Å². The third-order valence-electron chi connectivity index (χ3n) is 8.90. The minimum absolute atomic E-state index is 2.20. The van der Waals surface area contributed by atoms with Crippen molar-refractivity contribution in [1.82, 2.24) is 75.5 Å². The van der Waals surface area contributed by atoms with E-state index in [2.05, 4.69) is 245 Å². The summed E-state index contributed by atoms with van der Waals surface area (Å²) < 4.78 is 28.8. The maximum absolute atomic E-state index is 4.53. The predicted octanol–water partition coefficient (Wildman–Crippen LogP) is 1.13. The Labute approximate surface area is 283 Å². The van der Waals surface area contributed by atoms with Gasteiger partial charge in [-0.3, -0.25) is 0 Å². The van der Waals surface area contributed by atoms with Crippen LogP contribution in [0.2, 0.25) is 0 Å². The van der Waals surface area contributed by atoms with E-state index in [0.29, 0.717) is 0 Å². The minimum atomic E-state index is -3.34. The SMILES string of the molecule is CN(C)[PH](N[PH](N[PH](N(C)C)(N(C)C)N(C)C)(N[PH](N(C)C)(N(C)C)N(C)C)N[PH](N(C)C)(N(C)C)N(C)C)(N(C)C)N(C)C. The van der Waals surface area contributed by atoms with Gasteiger partial charge in [0.05, 0.1) is 0 Å². The molecule has 0 unspecified atom stereocenters. The van der Waals surface area contributed by atoms with Crippen LogP contribution in [0.1, 0.15) is 0 Å². The van der Waals surface area contributed by atoms with Gasteiger partial charge in [-0.15, -0.1) is 0 Å². The van der Waals surface area contributed by atoms with Gasteiger partial charge in [-0.05, 0) is 0 Å². The summed E-state index contributed by atoms with van der Waals surface area (Å²) in [6.07, 6.45) is 0. The van der Waals surface area contributed by atoms with Crippen LogP contribution in [0.15, 0.2) is 0 Å². The Kier molecular flexibility index (Phi) is 18.2. The molecule has 0 atom stereocenters. The fourth-order valence-corrected chi connectivity index (χ4v) is 40.6. The van der Waals surface area contributed by atoms with Crippen molar-refractivity contribution < 1.29 is 0 Å². The maximum atomic E-state index is 4.53. The van der Waals surface area contributed by atoms with Crippen molar-refractivity contribution in [3.63, 3.8) is 0 Å². The fraction of sp³-hybridized carbons (Fsp3) is 1.00. The van der Waals surface area contributed by atoms with Crippen molar-refractivity contribution in [2.75, 3.05) is 169 Å². The Balaban J connectivity index is 8.82. The molecule has 0 amide bonds. The molecule has 45 heavy (non-hydrogen) atoms. The first-order valence-electron chi connectivity index (χ1n) is 15.4. The molecule has 0 spiro atoms. The van der Waals surface area contributed by atoms with Gasteiger partial charge >= 0.3 is 284 Å². The summed E-state index contributed by atoms with van der Waals surface area (Å²) in [6.45, 7) is 0. The van der Waals surface area contributed by atoms with Crippen LogP contribution in [0.3, 0.4) is 0 Å². The normalized spacial score (nSPS) is 17.0. The first kappa shape index (κ1) is 46.5. The summed E-state index contributed by atoms with van der Waals surface area (Å²) in [4.78, 5) is 18.1. The number of hydrogen-bond acceptors (Lipinski definition) is 16. The Hall–Kier alpha value is 1.51. The fourth-order valence-electron chi connectivity index (χ4n) is 7.34. The van der Waals surface area contributed by atoms with Gasteiger partial charge in [-0.25, -0.2) is 0 Å². The Morgan fingerprint density at radius 1 is 0.200 bits per heavy atom. The Bertz CT molecular complexity index is 657. The second kappa shape index (κ2) is 17.6. The molecule has 0 bridgehead atoms. The molecule has 0 fully saturated rings. The molecule has 16 nitrogen and oxygen atoms in total. The van der Waals surface area contributed by atoms with Gasteiger partial charge in [0.25, 0.3) is 0 Å². The zero-order valence-electron chi connectivity index (χ0n) is 33.9. The standard InChI is InChI=1S/C24H81N16P5/c1-29(2)42(30(3)4,31(5)6)25-41(26-43(32(7)8,33(9)10)34(11)12,27-44(35(13)14,36(15)16)37(17)18)28-45(38(19)20,39(21)22)40(23)24/h25-28,41-45H,1-24H3. The molecule has 0 aromatic heterocycles. The molecule has 0 aliphatic carbocycles. The van der Waals surface area contributed by atoms with Crippen LogP contribution in [0.5, 0.6) is 0 Å². The summed E-state index contributed by atoms with van der Waals surface area (Å²) >= 11 is 0. The van der Waals surface area contributed by atoms with E-state index in [9.17, 15) is 0 Å². The van der Waals surface area contributed by atoms with Crippen molar-refractivity contribution >= 4 is 39.3 Å². The molecule has 282 valence electrons. The average Bonchev–Trinajstić information content (AvgIpc) is 2.84. The molecule has 0 radical (unpaired) electrons. The molecule has 0 heterocycles. The summed E-state index contributed by atoms with van der Waals surface area (Å²) in [7, 11) is 38.6. The van der Waals surface area contributed by atoms with Crippen LogP contribution in [-0.2, 0) is 0 Å². The van der Waals surface area contributed by atoms with Gasteiger partial charge in [0.2, 0.25) is 0 Å². The number of rotatable bonds is 20. The monoisotopic (exact) mass is 749 g/mol. The molecule has 0 saturated heterocycles. The van der Waals surface area contributed by atoms with Crippen LogP contribution in [0, 0.1) is 0 Å². The predicted molar refractivity (Wildman–Crippen MR) is 218 cm³/mol. The number of hydrogen-bond donors (Lipinski definition) is 4. The van der Waals surface area contributed by atoms with E-state index in [1.54, 1.807) is 0 Å². The van der Waals surface area contributed by atoms with Crippen LogP contribution in [-0.4, -0.2) is 225 Å². The quantitative estimate of drug-likeness (QED) is 0.134. The Morgan fingerprint density at radius 3 is 0.356 bits per heavy atom. The molecule has 4 N–H and O–H groups in total. The first-order chi connectivity index (χ1) is 20.1. The van der Waals surface area contributed by atoms with E-state index in [1.807, 2.05) is 0 Å². The molecule has 0 aromatic rings. The molecule has 21 heteroatoms. The van der Waals surface area contributed by atoms with Gasteiger partial charge in [0, 0.05) is 0 Å². The molecular weight excluding hydrogens is 667 g/mol. The van der Waals surface area contributed by atoms with Crippen molar-refractivity contribution in [2.24, 2.45) is 0 Å². The van der Waals surface area contributed by atoms with Gasteiger partial charge in [0.1, 0.15) is 0 Å². The second-order valence-corrected chi connectivity index (χ2v) is 35.8. The third-order valence-corrected chi connectivity index (χ3v) is 35.2. The first-order valence-corrected chi connectivity index (χ1v) is 24.8. The molecule has 0 aliphatic rings. The Morgan fingerprint density at radius 2 is 0.289 bits per heavy atom. The molecule has 0 aromatic carbocycles. The van der Waals surface area contributed by atoms with Crippen LogP contribution in [0.25, 0.3) is 0 Å². The van der Waals surface area contributed by atoms with Crippen molar-refractivity contribution in [1.29, 1.82) is 0 Å². The van der Waals surface area contributed by atoms with Gasteiger partial charge in [0.15, 0.2) is 0 Å². The van der Waals surface area contributed by atoms with Crippen molar-refractivity contribution in [2.45, 2.75) is 0 Å². The van der Waals surface area contributed by atoms with E-state index in [4.69, 9.17) is 0 Å². The van der Waals surface area contributed by atoms with E-state index >= 15 is 0 Å². The molecule has 0 rings (SSSR count). The van der Waals surface area contributed by atoms with Crippen LogP contribution < -0.4 is 19.4 Å². The topological polar surface area (TPSA) is 87.0 Å². The van der Waals surface area contributed by atoms with Crippen molar-refractivity contribution in [3.8, 4) is 0 Å². The molecule has 0 aliphatic heterocycles. The van der Waals surface area contributed by atoms with Crippen LogP contribution in [0.4, 0.5) is 0 Å². The summed E-state index contributed by atoms with van der Waals surface area (Å²) in [6, 6.07) is 0. The second-order valence-electron chi connectivity index (χ2n) is 14.5.